The zero-order valence-electron chi connectivity index (χ0n) is 13.3. The molecule has 0 atom stereocenters. The quantitative estimate of drug-likeness (QED) is 0.863. The van der Waals surface area contributed by atoms with Crippen molar-refractivity contribution >= 4 is 5.91 Å². The number of carbonyl (C=O) groups excluding carboxylic acids is 1. The summed E-state index contributed by atoms with van der Waals surface area (Å²) in [5, 5.41) is 3.31. The molecule has 1 N–H and O–H groups in total. The highest BCUT2D eigenvalue weighted by Gasteiger charge is 2.50. The van der Waals surface area contributed by atoms with Crippen molar-refractivity contribution in [3.63, 3.8) is 0 Å². The van der Waals surface area contributed by atoms with Gasteiger partial charge in [-0.15, -0.1) is 0 Å². The number of nitrogens with zero attached hydrogens (tertiary/aromatic N) is 1. The monoisotopic (exact) mass is 290 g/mol. The Hall–Kier alpha value is -0.570. The first-order valence-corrected chi connectivity index (χ1v) is 9.20. The molecule has 4 saturated carbocycles. The van der Waals surface area contributed by atoms with E-state index < -0.39 is 0 Å². The number of hydrogen-bond donors (Lipinski definition) is 1. The number of piperidine rings is 1. The molecule has 1 amide bonds. The summed E-state index contributed by atoms with van der Waals surface area (Å²) in [6.07, 6.45) is 12.5. The van der Waals surface area contributed by atoms with Gasteiger partial charge in [0.2, 0.25) is 5.91 Å². The van der Waals surface area contributed by atoms with Gasteiger partial charge in [-0.1, -0.05) is 6.42 Å². The van der Waals surface area contributed by atoms with Gasteiger partial charge in [-0.05, 0) is 87.6 Å². The van der Waals surface area contributed by atoms with Gasteiger partial charge in [0.25, 0.3) is 0 Å². The minimum absolute atomic E-state index is 0.271. The fourth-order valence-electron chi connectivity index (χ4n) is 6.17. The number of hydrogen-bond acceptors (Lipinski definition) is 2. The highest BCUT2D eigenvalue weighted by atomic mass is 16.2. The largest absolute Gasteiger partial charge is 0.354 e. The minimum Gasteiger partial charge on any atom is -0.354 e. The van der Waals surface area contributed by atoms with E-state index in [9.17, 15) is 4.79 Å². The van der Waals surface area contributed by atoms with E-state index in [1.165, 1.54) is 57.8 Å². The van der Waals surface area contributed by atoms with Crippen LogP contribution in [0, 0.1) is 23.2 Å². The van der Waals surface area contributed by atoms with Crippen molar-refractivity contribution in [3.8, 4) is 0 Å². The van der Waals surface area contributed by atoms with E-state index >= 15 is 0 Å². The van der Waals surface area contributed by atoms with Gasteiger partial charge in [-0.3, -0.25) is 9.69 Å². The van der Waals surface area contributed by atoms with Crippen molar-refractivity contribution in [1.82, 2.24) is 10.2 Å². The molecule has 3 nitrogen and oxygen atoms in total. The van der Waals surface area contributed by atoms with Crippen LogP contribution in [0.5, 0.6) is 0 Å². The average Bonchev–Trinajstić information content (AvgIpc) is 2.45. The van der Waals surface area contributed by atoms with Gasteiger partial charge < -0.3 is 5.32 Å². The smallest absolute Gasteiger partial charge is 0.234 e. The van der Waals surface area contributed by atoms with Crippen molar-refractivity contribution in [3.05, 3.63) is 0 Å². The predicted molar refractivity (Wildman–Crippen MR) is 83.9 cm³/mol. The average molecular weight is 290 g/mol. The van der Waals surface area contributed by atoms with Gasteiger partial charge in [-0.25, -0.2) is 0 Å². The van der Waals surface area contributed by atoms with Crippen LogP contribution in [-0.4, -0.2) is 37.0 Å². The zero-order chi connectivity index (χ0) is 14.3. The standard InChI is InChI=1S/C18H30N2O/c21-17(12-20-4-2-1-3-5-20)19-13-18-9-14-6-15(10-18)8-16(7-14)11-18/h14-16H,1-13H2,(H,19,21). The normalized spacial score (nSPS) is 42.2. The van der Waals surface area contributed by atoms with Gasteiger partial charge in [0.1, 0.15) is 0 Å². The molecule has 1 saturated heterocycles. The van der Waals surface area contributed by atoms with E-state index in [2.05, 4.69) is 10.2 Å². The van der Waals surface area contributed by atoms with Crippen LogP contribution in [0.1, 0.15) is 57.8 Å². The highest BCUT2D eigenvalue weighted by Crippen LogP contribution is 2.59. The summed E-state index contributed by atoms with van der Waals surface area (Å²) in [4.78, 5) is 14.6. The van der Waals surface area contributed by atoms with Crippen molar-refractivity contribution in [2.75, 3.05) is 26.2 Å². The fourth-order valence-corrected chi connectivity index (χ4v) is 6.17. The third kappa shape index (κ3) is 2.99. The van der Waals surface area contributed by atoms with E-state index in [0.29, 0.717) is 12.0 Å². The summed E-state index contributed by atoms with van der Waals surface area (Å²) in [7, 11) is 0. The Morgan fingerprint density at radius 1 is 0.952 bits per heavy atom. The van der Waals surface area contributed by atoms with Crippen molar-refractivity contribution in [2.45, 2.75) is 57.8 Å². The lowest BCUT2D eigenvalue weighted by molar-refractivity contribution is -0.124. The summed E-state index contributed by atoms with van der Waals surface area (Å²) in [6, 6.07) is 0. The molecule has 0 aromatic carbocycles. The molecule has 4 aliphatic carbocycles. The molecule has 1 aliphatic heterocycles. The maximum Gasteiger partial charge on any atom is 0.234 e. The molecule has 5 aliphatic rings. The predicted octanol–water partition coefficient (Wildman–Crippen LogP) is 2.80. The Bertz CT molecular complexity index is 365. The van der Waals surface area contributed by atoms with Crippen LogP contribution < -0.4 is 5.32 Å². The fraction of sp³-hybridized carbons (Fsp3) is 0.944. The number of rotatable bonds is 4. The molecule has 0 aromatic rings. The second-order valence-corrected chi connectivity index (χ2v) is 8.53. The van der Waals surface area contributed by atoms with Crippen LogP contribution >= 0.6 is 0 Å². The third-order valence-corrected chi connectivity index (χ3v) is 6.64. The van der Waals surface area contributed by atoms with Crippen LogP contribution in [0.25, 0.3) is 0 Å². The van der Waals surface area contributed by atoms with Gasteiger partial charge >= 0.3 is 0 Å². The summed E-state index contributed by atoms with van der Waals surface area (Å²) in [5.74, 6) is 3.22. The molecule has 1 heterocycles. The highest BCUT2D eigenvalue weighted by molar-refractivity contribution is 5.78. The van der Waals surface area contributed by atoms with Gasteiger partial charge in [0, 0.05) is 6.54 Å². The second kappa shape index (κ2) is 5.57. The van der Waals surface area contributed by atoms with E-state index in [0.717, 1.165) is 37.4 Å². The summed E-state index contributed by atoms with van der Waals surface area (Å²) in [6.45, 7) is 3.82. The number of nitrogens with one attached hydrogen (secondary N) is 1. The minimum atomic E-state index is 0.271. The lowest BCUT2D eigenvalue weighted by Crippen LogP contribution is -2.52. The second-order valence-electron chi connectivity index (χ2n) is 8.53. The van der Waals surface area contributed by atoms with Crippen molar-refractivity contribution < 1.29 is 4.79 Å². The maximum absolute atomic E-state index is 12.3. The van der Waals surface area contributed by atoms with Crippen molar-refractivity contribution in [1.29, 1.82) is 0 Å². The van der Waals surface area contributed by atoms with E-state index in [1.807, 2.05) is 0 Å². The topological polar surface area (TPSA) is 32.3 Å². The lowest BCUT2D eigenvalue weighted by atomic mass is 9.49. The molecular weight excluding hydrogens is 260 g/mol. The third-order valence-electron chi connectivity index (χ3n) is 6.64. The summed E-state index contributed by atoms with van der Waals surface area (Å²) < 4.78 is 0. The molecule has 0 aromatic heterocycles. The molecule has 5 rings (SSSR count). The molecule has 0 unspecified atom stereocenters. The molecule has 4 bridgehead atoms. The molecule has 5 fully saturated rings. The maximum atomic E-state index is 12.3. The molecule has 0 radical (unpaired) electrons. The van der Waals surface area contributed by atoms with Crippen LogP contribution in [-0.2, 0) is 4.79 Å². The van der Waals surface area contributed by atoms with E-state index in [1.54, 1.807) is 0 Å². The Balaban J connectivity index is 1.29. The number of amides is 1. The van der Waals surface area contributed by atoms with Gasteiger partial charge in [0.15, 0.2) is 0 Å². The SMILES string of the molecule is O=C(CN1CCCCC1)NCC12CC3CC(CC(C3)C1)C2. The number of likely N-dealkylation sites (tertiary alicyclic amines) is 1. The van der Waals surface area contributed by atoms with Crippen LogP contribution in [0.15, 0.2) is 0 Å². The van der Waals surface area contributed by atoms with Crippen LogP contribution in [0.4, 0.5) is 0 Å². The van der Waals surface area contributed by atoms with Gasteiger partial charge in [-0.2, -0.15) is 0 Å². The Morgan fingerprint density at radius 2 is 1.52 bits per heavy atom. The lowest BCUT2D eigenvalue weighted by Gasteiger charge is -2.56. The molecule has 3 heteroatoms. The van der Waals surface area contributed by atoms with E-state index in [-0.39, 0.29) is 5.91 Å². The zero-order valence-corrected chi connectivity index (χ0v) is 13.3. The summed E-state index contributed by atoms with van der Waals surface area (Å²) >= 11 is 0. The molecule has 21 heavy (non-hydrogen) atoms. The first-order valence-electron chi connectivity index (χ1n) is 9.20. The Morgan fingerprint density at radius 3 is 2.10 bits per heavy atom. The van der Waals surface area contributed by atoms with E-state index in [4.69, 9.17) is 0 Å². The first kappa shape index (κ1) is 14.0. The Kier molecular flexibility index (Phi) is 3.72. The summed E-state index contributed by atoms with van der Waals surface area (Å²) in [5.41, 5.74) is 0.478. The van der Waals surface area contributed by atoms with Gasteiger partial charge in [0.05, 0.1) is 6.54 Å². The van der Waals surface area contributed by atoms with Crippen LogP contribution in [0.2, 0.25) is 0 Å². The van der Waals surface area contributed by atoms with Crippen molar-refractivity contribution in [2.24, 2.45) is 23.2 Å². The van der Waals surface area contributed by atoms with Crippen LogP contribution in [0.3, 0.4) is 0 Å². The molecule has 118 valence electrons. The number of carbonyl (C=O) groups is 1. The molecule has 0 spiro atoms. The molecular formula is C18H30N2O. The first-order chi connectivity index (χ1) is 10.2. The Labute approximate surface area is 128 Å².